The topological polar surface area (TPSA) is 80.5 Å². The van der Waals surface area contributed by atoms with Gasteiger partial charge in [0.2, 0.25) is 5.82 Å². The summed E-state index contributed by atoms with van der Waals surface area (Å²) in [5.41, 5.74) is 4.09. The number of aryl methyl sites for hydroxylation is 1. The highest BCUT2D eigenvalue weighted by Crippen LogP contribution is 2.37. The summed E-state index contributed by atoms with van der Waals surface area (Å²) in [7, 11) is 0. The van der Waals surface area contributed by atoms with Crippen molar-refractivity contribution in [3.05, 3.63) is 77.1 Å². The Labute approximate surface area is 205 Å². The van der Waals surface area contributed by atoms with E-state index in [9.17, 15) is 9.18 Å². The molecule has 0 saturated heterocycles. The third kappa shape index (κ3) is 5.59. The number of hydrogen-bond acceptors (Lipinski definition) is 5. The summed E-state index contributed by atoms with van der Waals surface area (Å²) in [5, 5.41) is 7.20. The van der Waals surface area contributed by atoms with Crippen LogP contribution in [0.5, 0.6) is 0 Å². The van der Waals surface area contributed by atoms with Gasteiger partial charge in [-0.3, -0.25) is 4.90 Å². The Balaban J connectivity index is 1.71. The van der Waals surface area contributed by atoms with Crippen LogP contribution in [0.3, 0.4) is 0 Å². The Kier molecular flexibility index (Phi) is 7.60. The van der Waals surface area contributed by atoms with Gasteiger partial charge in [-0.25, -0.2) is 9.18 Å². The van der Waals surface area contributed by atoms with Crippen LogP contribution in [0.25, 0.3) is 17.0 Å². The van der Waals surface area contributed by atoms with Crippen LogP contribution in [0.15, 0.2) is 58.8 Å². The van der Waals surface area contributed by atoms with Crippen molar-refractivity contribution in [1.82, 2.24) is 20.4 Å². The Morgan fingerprint density at radius 2 is 1.97 bits per heavy atom. The van der Waals surface area contributed by atoms with Crippen LogP contribution in [-0.4, -0.2) is 40.3 Å². The zero-order valence-corrected chi connectivity index (χ0v) is 20.5. The fourth-order valence-electron chi connectivity index (χ4n) is 4.14. The molecule has 184 valence electrons. The Bertz CT molecular complexity index is 1200. The molecular formula is C27H31FN4O3. The second-order valence-electron chi connectivity index (χ2n) is 8.83. The number of allylic oxidation sites excluding steroid dienone is 1. The van der Waals surface area contributed by atoms with E-state index in [4.69, 9.17) is 9.26 Å². The van der Waals surface area contributed by atoms with Gasteiger partial charge < -0.3 is 14.6 Å². The summed E-state index contributed by atoms with van der Waals surface area (Å²) in [6.45, 7) is 8.99. The highest BCUT2D eigenvalue weighted by molar-refractivity contribution is 5.86. The van der Waals surface area contributed by atoms with E-state index < -0.39 is 6.04 Å². The number of aromatic nitrogens is 2. The fraction of sp³-hybridized carbons (Fsp3) is 0.370. The van der Waals surface area contributed by atoms with E-state index >= 15 is 0 Å². The second kappa shape index (κ2) is 10.8. The lowest BCUT2D eigenvalue weighted by atomic mass is 9.93. The standard InChI is InChI=1S/C27H31FN4O3/c1-5-19-10-12-20(13-11-19)24-23(18(4)32(27(33)29-24)14-7-15-34-17(2)3)26-30-25(31-35-26)21-8-6-9-22(28)16-21/h6,8-13,16-17,24H,5,7,14-15H2,1-4H3,(H,29,33). The van der Waals surface area contributed by atoms with Crippen LogP contribution in [0.2, 0.25) is 0 Å². The molecule has 1 aromatic heterocycles. The van der Waals surface area contributed by atoms with Gasteiger partial charge in [-0.1, -0.05) is 48.5 Å². The molecule has 1 aliphatic heterocycles. The molecule has 0 bridgehead atoms. The average Bonchev–Trinajstić information content (AvgIpc) is 3.33. The van der Waals surface area contributed by atoms with Crippen molar-refractivity contribution >= 4 is 11.6 Å². The number of nitrogens with zero attached hydrogens (tertiary/aromatic N) is 3. The lowest BCUT2D eigenvalue weighted by molar-refractivity contribution is 0.0736. The number of hydrogen-bond donors (Lipinski definition) is 1. The first-order chi connectivity index (χ1) is 16.9. The third-order valence-corrected chi connectivity index (χ3v) is 6.03. The summed E-state index contributed by atoms with van der Waals surface area (Å²) >= 11 is 0. The predicted molar refractivity (Wildman–Crippen MR) is 132 cm³/mol. The molecule has 0 saturated carbocycles. The van der Waals surface area contributed by atoms with E-state index in [1.54, 1.807) is 17.0 Å². The van der Waals surface area contributed by atoms with Crippen LogP contribution in [0.4, 0.5) is 9.18 Å². The van der Waals surface area contributed by atoms with Crippen LogP contribution in [0, 0.1) is 5.82 Å². The predicted octanol–water partition coefficient (Wildman–Crippen LogP) is 5.75. The van der Waals surface area contributed by atoms with Crippen molar-refractivity contribution in [3.63, 3.8) is 0 Å². The van der Waals surface area contributed by atoms with Gasteiger partial charge in [0.25, 0.3) is 5.89 Å². The number of urea groups is 1. The van der Waals surface area contributed by atoms with Gasteiger partial charge in [0.15, 0.2) is 0 Å². The third-order valence-electron chi connectivity index (χ3n) is 6.03. The Morgan fingerprint density at radius 1 is 1.20 bits per heavy atom. The Morgan fingerprint density at radius 3 is 2.66 bits per heavy atom. The molecule has 1 aliphatic rings. The number of halogens is 1. The van der Waals surface area contributed by atoms with Gasteiger partial charge in [-0.05, 0) is 56.9 Å². The maximum Gasteiger partial charge on any atom is 0.322 e. The van der Waals surface area contributed by atoms with Crippen LogP contribution >= 0.6 is 0 Å². The molecule has 8 heteroatoms. The quantitative estimate of drug-likeness (QED) is 0.396. The van der Waals surface area contributed by atoms with Crippen molar-refractivity contribution in [2.75, 3.05) is 13.2 Å². The molecule has 2 amide bonds. The largest absolute Gasteiger partial charge is 0.379 e. The zero-order chi connectivity index (χ0) is 24.9. The molecule has 1 atom stereocenters. The van der Waals surface area contributed by atoms with Crippen LogP contribution in [0.1, 0.15) is 57.2 Å². The van der Waals surface area contributed by atoms with Crippen LogP contribution < -0.4 is 5.32 Å². The number of benzene rings is 2. The summed E-state index contributed by atoms with van der Waals surface area (Å²) in [6.07, 6.45) is 1.74. The molecule has 1 unspecified atom stereocenters. The molecule has 1 N–H and O–H groups in total. The molecule has 0 fully saturated rings. The SMILES string of the molecule is CCc1ccc(C2NC(=O)N(CCCOC(C)C)C(C)=C2c2nc(-c3cccc(F)c3)no2)cc1. The summed E-state index contributed by atoms with van der Waals surface area (Å²) in [6, 6.07) is 13.5. The molecule has 0 spiro atoms. The lowest BCUT2D eigenvalue weighted by Gasteiger charge is -2.35. The first-order valence-electron chi connectivity index (χ1n) is 12.0. The van der Waals surface area contributed by atoms with Crippen LogP contribution in [-0.2, 0) is 11.2 Å². The van der Waals surface area contributed by atoms with E-state index in [0.717, 1.165) is 17.7 Å². The van der Waals surface area contributed by atoms with E-state index in [1.807, 2.05) is 32.9 Å². The van der Waals surface area contributed by atoms with Crippen molar-refractivity contribution < 1.29 is 18.4 Å². The minimum Gasteiger partial charge on any atom is -0.379 e. The molecule has 2 heterocycles. The fourth-order valence-corrected chi connectivity index (χ4v) is 4.14. The first-order valence-corrected chi connectivity index (χ1v) is 12.0. The zero-order valence-electron chi connectivity index (χ0n) is 20.5. The highest BCUT2D eigenvalue weighted by Gasteiger charge is 2.35. The van der Waals surface area contributed by atoms with Gasteiger partial charge in [-0.15, -0.1) is 0 Å². The van der Waals surface area contributed by atoms with Gasteiger partial charge in [0, 0.05) is 24.4 Å². The van der Waals surface area contributed by atoms with Gasteiger partial charge in [-0.2, -0.15) is 4.98 Å². The normalized spacial score (nSPS) is 16.2. The molecule has 0 radical (unpaired) electrons. The molecule has 3 aromatic rings. The second-order valence-corrected chi connectivity index (χ2v) is 8.83. The van der Waals surface area contributed by atoms with Crippen molar-refractivity contribution in [1.29, 1.82) is 0 Å². The number of carbonyl (C=O) groups excluding carboxylic acids is 1. The maximum atomic E-state index is 13.8. The van der Waals surface area contributed by atoms with E-state index in [-0.39, 0.29) is 29.7 Å². The van der Waals surface area contributed by atoms with Gasteiger partial charge in [0.05, 0.1) is 17.7 Å². The number of amides is 2. The number of nitrogens with one attached hydrogen (secondary N) is 1. The molecule has 7 nitrogen and oxygen atoms in total. The molecule has 2 aromatic carbocycles. The molecule has 0 aliphatic carbocycles. The van der Waals surface area contributed by atoms with Gasteiger partial charge >= 0.3 is 6.03 Å². The minimum absolute atomic E-state index is 0.132. The molecule has 4 rings (SSSR count). The Hall–Kier alpha value is -3.52. The number of carbonyl (C=O) groups is 1. The monoisotopic (exact) mass is 478 g/mol. The maximum absolute atomic E-state index is 13.8. The minimum atomic E-state index is -0.461. The number of rotatable bonds is 9. The highest BCUT2D eigenvalue weighted by atomic mass is 19.1. The average molecular weight is 479 g/mol. The first kappa shape index (κ1) is 24.6. The molecular weight excluding hydrogens is 447 g/mol. The molecule has 35 heavy (non-hydrogen) atoms. The van der Waals surface area contributed by atoms with Crippen molar-refractivity contribution in [3.8, 4) is 11.4 Å². The lowest BCUT2D eigenvalue weighted by Crippen LogP contribution is -2.46. The van der Waals surface area contributed by atoms with Crippen molar-refractivity contribution in [2.45, 2.75) is 52.7 Å². The summed E-state index contributed by atoms with van der Waals surface area (Å²) < 4.78 is 25.1. The smallest absolute Gasteiger partial charge is 0.322 e. The number of ether oxygens (including phenoxy) is 1. The van der Waals surface area contributed by atoms with E-state index in [0.29, 0.717) is 30.7 Å². The summed E-state index contributed by atoms with van der Waals surface area (Å²) in [4.78, 5) is 19.4. The van der Waals surface area contributed by atoms with E-state index in [2.05, 4.69) is 34.5 Å². The van der Waals surface area contributed by atoms with Crippen molar-refractivity contribution in [2.24, 2.45) is 0 Å². The van der Waals surface area contributed by atoms with Gasteiger partial charge in [0.1, 0.15) is 5.82 Å². The van der Waals surface area contributed by atoms with E-state index in [1.165, 1.54) is 17.7 Å². The summed E-state index contributed by atoms with van der Waals surface area (Å²) in [5.74, 6) is 0.196.